The van der Waals surface area contributed by atoms with E-state index in [0.717, 1.165) is 12.8 Å². The van der Waals surface area contributed by atoms with Crippen LogP contribution in [0.3, 0.4) is 0 Å². The van der Waals surface area contributed by atoms with Crippen LogP contribution in [0, 0.1) is 0 Å². The fourth-order valence-electron chi connectivity index (χ4n) is 3.25. The van der Waals surface area contributed by atoms with Crippen molar-refractivity contribution in [3.63, 3.8) is 0 Å². The number of rotatable bonds is 20. The average Bonchev–Trinajstić information content (AvgIpc) is 2.76. The molecule has 0 aliphatic carbocycles. The number of benzene rings is 1. The Kier molecular flexibility index (Phi) is 17.1. The molecule has 0 aromatic heterocycles. The van der Waals surface area contributed by atoms with E-state index in [1.54, 1.807) is 12.1 Å². The zero-order valence-corrected chi connectivity index (χ0v) is 18.9. The van der Waals surface area contributed by atoms with Gasteiger partial charge in [-0.25, -0.2) is 0 Å². The van der Waals surface area contributed by atoms with Crippen LogP contribution >= 0.6 is 0 Å². The fourth-order valence-corrected chi connectivity index (χ4v) is 3.25. The predicted molar refractivity (Wildman–Crippen MR) is 120 cm³/mol. The summed E-state index contributed by atoms with van der Waals surface area (Å²) in [4.78, 5) is 21.7. The van der Waals surface area contributed by atoms with Crippen molar-refractivity contribution >= 4 is 5.97 Å². The molecule has 1 rings (SSSR count). The lowest BCUT2D eigenvalue weighted by Crippen LogP contribution is -2.24. The summed E-state index contributed by atoms with van der Waals surface area (Å²) in [6.07, 6.45) is 16.1. The third kappa shape index (κ3) is 16.2. The van der Waals surface area contributed by atoms with Gasteiger partial charge in [0, 0.05) is 6.42 Å². The van der Waals surface area contributed by atoms with Gasteiger partial charge in [-0.3, -0.25) is 4.79 Å². The van der Waals surface area contributed by atoms with Crippen LogP contribution in [0.4, 0.5) is 0 Å². The highest BCUT2D eigenvalue weighted by atomic mass is 17.2. The largest absolute Gasteiger partial charge is 0.463 e. The zero-order chi connectivity index (χ0) is 21.7. The molecular formula is C25H42O5. The van der Waals surface area contributed by atoms with Crippen LogP contribution in [0.5, 0.6) is 5.75 Å². The van der Waals surface area contributed by atoms with Gasteiger partial charge in [0.25, 0.3) is 0 Å². The van der Waals surface area contributed by atoms with E-state index in [0.29, 0.717) is 12.2 Å². The van der Waals surface area contributed by atoms with Crippen LogP contribution in [-0.2, 0) is 14.4 Å². The first-order valence-corrected chi connectivity index (χ1v) is 11.9. The first kappa shape index (κ1) is 26.4. The Bertz CT molecular complexity index is 506. The molecule has 0 amide bonds. The summed E-state index contributed by atoms with van der Waals surface area (Å²) < 4.78 is 5.09. The quantitative estimate of drug-likeness (QED) is 0.114. The molecule has 1 atom stereocenters. The van der Waals surface area contributed by atoms with Gasteiger partial charge in [0.2, 0.25) is 0 Å². The summed E-state index contributed by atoms with van der Waals surface area (Å²) in [6.45, 7) is 2.13. The van der Waals surface area contributed by atoms with E-state index in [1.807, 2.05) is 18.2 Å². The van der Waals surface area contributed by atoms with Crippen molar-refractivity contribution in [1.29, 1.82) is 0 Å². The number of esters is 1. The van der Waals surface area contributed by atoms with Crippen LogP contribution in [0.2, 0.25) is 0 Å². The molecule has 1 N–H and O–H groups in total. The average molecular weight is 423 g/mol. The van der Waals surface area contributed by atoms with Crippen molar-refractivity contribution in [2.45, 2.75) is 103 Å². The van der Waals surface area contributed by atoms with Gasteiger partial charge in [-0.05, 0) is 18.6 Å². The molecule has 0 aliphatic rings. The minimum atomic E-state index is -0.899. The van der Waals surface area contributed by atoms with Gasteiger partial charge in [0.1, 0.15) is 19.3 Å². The van der Waals surface area contributed by atoms with E-state index >= 15 is 0 Å². The third-order valence-corrected chi connectivity index (χ3v) is 5.08. The normalized spacial score (nSPS) is 11.9. The Hall–Kier alpha value is -1.59. The number of hydrogen-bond donors (Lipinski definition) is 1. The Morgan fingerprint density at radius 1 is 0.800 bits per heavy atom. The van der Waals surface area contributed by atoms with E-state index in [9.17, 15) is 9.90 Å². The third-order valence-electron chi connectivity index (χ3n) is 5.08. The van der Waals surface area contributed by atoms with Gasteiger partial charge in [0.05, 0.1) is 0 Å². The predicted octanol–water partition coefficient (Wildman–Crippen LogP) is 6.38. The summed E-state index contributed by atoms with van der Waals surface area (Å²) in [5.74, 6) is 0.296. The molecule has 1 unspecified atom stereocenters. The van der Waals surface area contributed by atoms with Gasteiger partial charge < -0.3 is 14.7 Å². The lowest BCUT2D eigenvalue weighted by atomic mass is 10.0. The number of carbonyl (C=O) groups excluding carboxylic acids is 1. The van der Waals surface area contributed by atoms with Crippen molar-refractivity contribution in [2.75, 3.05) is 13.2 Å². The SMILES string of the molecule is CCCCCCCCCCCCCCCC(=O)OCC(O)COOc1ccccc1. The van der Waals surface area contributed by atoms with Gasteiger partial charge >= 0.3 is 5.97 Å². The summed E-state index contributed by atoms with van der Waals surface area (Å²) in [7, 11) is 0. The van der Waals surface area contributed by atoms with E-state index in [2.05, 4.69) is 6.92 Å². The summed E-state index contributed by atoms with van der Waals surface area (Å²) in [5.41, 5.74) is 0. The maximum Gasteiger partial charge on any atom is 0.305 e. The van der Waals surface area contributed by atoms with Crippen LogP contribution in [0.15, 0.2) is 30.3 Å². The Morgan fingerprint density at radius 3 is 1.90 bits per heavy atom. The van der Waals surface area contributed by atoms with Crippen molar-refractivity contribution < 1.29 is 24.4 Å². The number of unbranched alkanes of at least 4 members (excludes halogenated alkanes) is 12. The van der Waals surface area contributed by atoms with Crippen molar-refractivity contribution in [3.05, 3.63) is 30.3 Å². The second kappa shape index (κ2) is 19.4. The van der Waals surface area contributed by atoms with Gasteiger partial charge in [0.15, 0.2) is 5.75 Å². The van der Waals surface area contributed by atoms with Crippen LogP contribution in [0.1, 0.15) is 96.8 Å². The number of para-hydroxylation sites is 1. The monoisotopic (exact) mass is 422 g/mol. The van der Waals surface area contributed by atoms with E-state index < -0.39 is 6.10 Å². The maximum absolute atomic E-state index is 11.7. The second-order valence-corrected chi connectivity index (χ2v) is 8.01. The molecule has 0 bridgehead atoms. The number of aliphatic hydroxyl groups is 1. The molecule has 5 heteroatoms. The molecule has 30 heavy (non-hydrogen) atoms. The van der Waals surface area contributed by atoms with E-state index in [4.69, 9.17) is 14.5 Å². The molecule has 0 spiro atoms. The second-order valence-electron chi connectivity index (χ2n) is 8.01. The molecule has 0 heterocycles. The molecule has 1 aromatic carbocycles. The molecule has 0 radical (unpaired) electrons. The minimum absolute atomic E-state index is 0.0546. The molecule has 0 saturated heterocycles. The molecule has 1 aromatic rings. The lowest BCUT2D eigenvalue weighted by molar-refractivity contribution is -0.227. The Morgan fingerprint density at radius 2 is 1.33 bits per heavy atom. The number of carbonyl (C=O) groups is 1. The van der Waals surface area contributed by atoms with Crippen LogP contribution in [-0.4, -0.2) is 30.4 Å². The molecular weight excluding hydrogens is 380 g/mol. The van der Waals surface area contributed by atoms with Gasteiger partial charge in [-0.15, -0.1) is 0 Å². The van der Waals surface area contributed by atoms with E-state index in [1.165, 1.54) is 70.6 Å². The van der Waals surface area contributed by atoms with Crippen LogP contribution < -0.4 is 4.89 Å². The van der Waals surface area contributed by atoms with Crippen LogP contribution in [0.25, 0.3) is 0 Å². The highest BCUT2D eigenvalue weighted by Gasteiger charge is 2.10. The lowest BCUT2D eigenvalue weighted by Gasteiger charge is -2.11. The molecule has 5 nitrogen and oxygen atoms in total. The Balaban J connectivity index is 1.83. The number of aliphatic hydroxyl groups excluding tert-OH is 1. The summed E-state index contributed by atoms with van der Waals surface area (Å²) in [5, 5.41) is 9.78. The molecule has 0 aliphatic heterocycles. The van der Waals surface area contributed by atoms with E-state index in [-0.39, 0.29) is 19.2 Å². The van der Waals surface area contributed by atoms with Crippen molar-refractivity contribution in [2.24, 2.45) is 0 Å². The first-order valence-electron chi connectivity index (χ1n) is 11.9. The zero-order valence-electron chi connectivity index (χ0n) is 18.9. The topological polar surface area (TPSA) is 65.0 Å². The summed E-state index contributed by atoms with van der Waals surface area (Å²) >= 11 is 0. The highest BCUT2D eigenvalue weighted by molar-refractivity contribution is 5.69. The molecule has 0 fully saturated rings. The molecule has 172 valence electrons. The summed E-state index contributed by atoms with van der Waals surface area (Å²) in [6, 6.07) is 9.03. The van der Waals surface area contributed by atoms with Crippen molar-refractivity contribution in [1.82, 2.24) is 0 Å². The maximum atomic E-state index is 11.7. The smallest absolute Gasteiger partial charge is 0.305 e. The van der Waals surface area contributed by atoms with Gasteiger partial charge in [-0.2, -0.15) is 4.89 Å². The molecule has 0 saturated carbocycles. The highest BCUT2D eigenvalue weighted by Crippen LogP contribution is 2.13. The minimum Gasteiger partial charge on any atom is -0.463 e. The van der Waals surface area contributed by atoms with Gasteiger partial charge in [-0.1, -0.05) is 102 Å². The number of hydrogen-bond acceptors (Lipinski definition) is 5. The number of ether oxygens (including phenoxy) is 1. The van der Waals surface area contributed by atoms with Crippen molar-refractivity contribution in [3.8, 4) is 5.75 Å². The standard InChI is InChI=1S/C25H42O5/c1-2-3-4-5-6-7-8-9-10-11-12-13-17-20-25(27)28-21-23(26)22-29-30-24-18-15-14-16-19-24/h14-16,18-19,23,26H,2-13,17,20-22H2,1H3. The fraction of sp³-hybridized carbons (Fsp3) is 0.720. The Labute approximate surface area is 183 Å². The first-order chi connectivity index (χ1) is 14.7.